The van der Waals surface area contributed by atoms with Gasteiger partial charge in [0.1, 0.15) is 0 Å². The van der Waals surface area contributed by atoms with E-state index in [4.69, 9.17) is 16.3 Å². The van der Waals surface area contributed by atoms with Crippen molar-refractivity contribution in [2.45, 2.75) is 26.9 Å². The van der Waals surface area contributed by atoms with E-state index in [2.05, 4.69) is 20.6 Å². The van der Waals surface area contributed by atoms with Crippen LogP contribution in [-0.4, -0.2) is 24.1 Å². The minimum atomic E-state index is 0.487. The van der Waals surface area contributed by atoms with Crippen LogP contribution in [0.15, 0.2) is 47.6 Å². The number of nitrogens with zero attached hydrogens (tertiary/aromatic N) is 2. The Morgan fingerprint density at radius 1 is 1.12 bits per heavy atom. The van der Waals surface area contributed by atoms with E-state index >= 15 is 0 Å². The predicted octanol–water partition coefficient (Wildman–Crippen LogP) is 3.39. The molecule has 0 fully saturated rings. The first-order valence-electron chi connectivity index (χ1n) is 8.06. The lowest BCUT2D eigenvalue weighted by Gasteiger charge is -2.13. The van der Waals surface area contributed by atoms with Crippen LogP contribution in [0.3, 0.4) is 0 Å². The summed E-state index contributed by atoms with van der Waals surface area (Å²) in [5.74, 6) is 1.36. The monoisotopic (exact) mass is 346 g/mol. The van der Waals surface area contributed by atoms with Crippen molar-refractivity contribution in [3.63, 3.8) is 0 Å². The highest BCUT2D eigenvalue weighted by Crippen LogP contribution is 2.16. The molecule has 5 nitrogen and oxygen atoms in total. The molecule has 128 valence electrons. The van der Waals surface area contributed by atoms with Gasteiger partial charge in [0.15, 0.2) is 5.96 Å². The molecule has 2 rings (SSSR count). The molecule has 2 N–H and O–H groups in total. The van der Waals surface area contributed by atoms with Crippen LogP contribution in [0.5, 0.6) is 5.88 Å². The molecule has 0 unspecified atom stereocenters. The molecule has 1 aromatic carbocycles. The molecule has 0 radical (unpaired) electrons. The SMILES string of the molecule is CCNC(=NCc1cccnc1OCC)NCc1ccccc1Cl. The van der Waals surface area contributed by atoms with Gasteiger partial charge in [-0.2, -0.15) is 0 Å². The topological polar surface area (TPSA) is 58.5 Å². The number of halogens is 1. The van der Waals surface area contributed by atoms with Crippen LogP contribution in [0, 0.1) is 0 Å². The number of ether oxygens (including phenoxy) is 1. The maximum Gasteiger partial charge on any atom is 0.218 e. The van der Waals surface area contributed by atoms with Crippen LogP contribution in [0.4, 0.5) is 0 Å². The van der Waals surface area contributed by atoms with Crippen LogP contribution in [0.1, 0.15) is 25.0 Å². The van der Waals surface area contributed by atoms with E-state index in [-0.39, 0.29) is 0 Å². The first kappa shape index (κ1) is 18.1. The minimum absolute atomic E-state index is 0.487. The van der Waals surface area contributed by atoms with E-state index in [1.165, 1.54) is 0 Å². The van der Waals surface area contributed by atoms with Crippen molar-refractivity contribution < 1.29 is 4.74 Å². The summed E-state index contributed by atoms with van der Waals surface area (Å²) in [6.45, 7) is 6.43. The lowest BCUT2D eigenvalue weighted by molar-refractivity contribution is 0.323. The second-order valence-corrected chi connectivity index (χ2v) is 5.45. The lowest BCUT2D eigenvalue weighted by atomic mass is 10.2. The van der Waals surface area contributed by atoms with Gasteiger partial charge in [0.05, 0.1) is 13.2 Å². The van der Waals surface area contributed by atoms with Crippen molar-refractivity contribution in [2.24, 2.45) is 4.99 Å². The lowest BCUT2D eigenvalue weighted by Crippen LogP contribution is -2.36. The maximum atomic E-state index is 6.19. The third kappa shape index (κ3) is 5.42. The highest BCUT2D eigenvalue weighted by Gasteiger charge is 2.05. The summed E-state index contributed by atoms with van der Waals surface area (Å²) in [7, 11) is 0. The molecule has 0 saturated heterocycles. The van der Waals surface area contributed by atoms with Crippen LogP contribution in [0.25, 0.3) is 0 Å². The largest absolute Gasteiger partial charge is 0.478 e. The Morgan fingerprint density at radius 3 is 2.67 bits per heavy atom. The zero-order chi connectivity index (χ0) is 17.2. The molecule has 1 aromatic heterocycles. The molecule has 0 atom stereocenters. The number of rotatable bonds is 7. The van der Waals surface area contributed by atoms with Crippen molar-refractivity contribution >= 4 is 17.6 Å². The minimum Gasteiger partial charge on any atom is -0.478 e. The quantitative estimate of drug-likeness (QED) is 0.596. The number of aromatic nitrogens is 1. The first-order chi connectivity index (χ1) is 11.7. The van der Waals surface area contributed by atoms with Crippen molar-refractivity contribution in [2.75, 3.05) is 13.2 Å². The van der Waals surface area contributed by atoms with Gasteiger partial charge in [0.25, 0.3) is 0 Å². The fraction of sp³-hybridized carbons (Fsp3) is 0.333. The average molecular weight is 347 g/mol. The number of aliphatic imine (C=N–C) groups is 1. The van der Waals surface area contributed by atoms with E-state index in [1.54, 1.807) is 6.20 Å². The molecule has 0 saturated carbocycles. The van der Waals surface area contributed by atoms with E-state index < -0.39 is 0 Å². The van der Waals surface area contributed by atoms with E-state index in [0.29, 0.717) is 25.6 Å². The van der Waals surface area contributed by atoms with Gasteiger partial charge in [-0.25, -0.2) is 9.98 Å². The second-order valence-electron chi connectivity index (χ2n) is 5.04. The molecular formula is C18H23ClN4O. The molecular weight excluding hydrogens is 324 g/mol. The van der Waals surface area contributed by atoms with Crippen molar-refractivity contribution in [1.29, 1.82) is 0 Å². The first-order valence-corrected chi connectivity index (χ1v) is 8.44. The van der Waals surface area contributed by atoms with Gasteiger partial charge in [-0.15, -0.1) is 0 Å². The molecule has 24 heavy (non-hydrogen) atoms. The van der Waals surface area contributed by atoms with Gasteiger partial charge in [0, 0.05) is 29.9 Å². The molecule has 0 aliphatic heterocycles. The van der Waals surface area contributed by atoms with Crippen LogP contribution in [0.2, 0.25) is 5.02 Å². The number of nitrogens with one attached hydrogen (secondary N) is 2. The van der Waals surface area contributed by atoms with Gasteiger partial charge < -0.3 is 15.4 Å². The van der Waals surface area contributed by atoms with E-state index in [1.807, 2.05) is 50.2 Å². The molecule has 1 heterocycles. The van der Waals surface area contributed by atoms with Crippen LogP contribution >= 0.6 is 11.6 Å². The van der Waals surface area contributed by atoms with E-state index in [0.717, 1.165) is 28.7 Å². The summed E-state index contributed by atoms with van der Waals surface area (Å²) in [4.78, 5) is 8.85. The Morgan fingerprint density at radius 2 is 1.92 bits per heavy atom. The highest BCUT2D eigenvalue weighted by molar-refractivity contribution is 6.31. The summed E-state index contributed by atoms with van der Waals surface area (Å²) in [6, 6.07) is 11.6. The Bertz CT molecular complexity index is 676. The van der Waals surface area contributed by atoms with Crippen molar-refractivity contribution in [3.8, 4) is 5.88 Å². The zero-order valence-corrected chi connectivity index (χ0v) is 14.8. The van der Waals surface area contributed by atoms with Gasteiger partial charge in [-0.05, 0) is 31.5 Å². The number of hydrogen-bond acceptors (Lipinski definition) is 3. The Labute approximate surface area is 148 Å². The molecule has 2 aromatic rings. The average Bonchev–Trinajstić information content (AvgIpc) is 2.60. The molecule has 0 spiro atoms. The number of pyridine rings is 1. The fourth-order valence-electron chi connectivity index (χ4n) is 2.14. The molecule has 0 amide bonds. The van der Waals surface area contributed by atoms with Gasteiger partial charge in [-0.3, -0.25) is 0 Å². The second kappa shape index (κ2) is 9.78. The normalized spacial score (nSPS) is 11.2. The molecule has 0 aliphatic carbocycles. The number of hydrogen-bond donors (Lipinski definition) is 2. The third-order valence-electron chi connectivity index (χ3n) is 3.29. The summed E-state index contributed by atoms with van der Waals surface area (Å²) >= 11 is 6.19. The van der Waals surface area contributed by atoms with Crippen LogP contribution < -0.4 is 15.4 Å². The molecule has 0 bridgehead atoms. The summed E-state index contributed by atoms with van der Waals surface area (Å²) in [5.41, 5.74) is 1.98. The summed E-state index contributed by atoms with van der Waals surface area (Å²) in [5, 5.41) is 7.26. The van der Waals surface area contributed by atoms with E-state index in [9.17, 15) is 0 Å². The predicted molar refractivity (Wildman–Crippen MR) is 98.5 cm³/mol. The van der Waals surface area contributed by atoms with Crippen molar-refractivity contribution in [1.82, 2.24) is 15.6 Å². The fourth-order valence-corrected chi connectivity index (χ4v) is 2.34. The Balaban J connectivity index is 2.04. The number of guanidine groups is 1. The summed E-state index contributed by atoms with van der Waals surface area (Å²) < 4.78 is 5.54. The zero-order valence-electron chi connectivity index (χ0n) is 14.1. The number of benzene rings is 1. The summed E-state index contributed by atoms with van der Waals surface area (Å²) in [6.07, 6.45) is 1.72. The van der Waals surface area contributed by atoms with Crippen LogP contribution in [-0.2, 0) is 13.1 Å². The smallest absolute Gasteiger partial charge is 0.218 e. The third-order valence-corrected chi connectivity index (χ3v) is 3.66. The van der Waals surface area contributed by atoms with Gasteiger partial charge in [-0.1, -0.05) is 35.9 Å². The standard InChI is InChI=1S/C18H23ClN4O/c1-3-20-18(22-12-14-8-5-6-10-16(14)19)23-13-15-9-7-11-21-17(15)24-4-2/h5-11H,3-4,12-13H2,1-2H3,(H2,20,22,23). The van der Waals surface area contributed by atoms with Gasteiger partial charge >= 0.3 is 0 Å². The molecule has 0 aliphatic rings. The Kier molecular flexibility index (Phi) is 7.36. The Hall–Kier alpha value is -2.27. The highest BCUT2D eigenvalue weighted by atomic mass is 35.5. The van der Waals surface area contributed by atoms with Gasteiger partial charge in [0.2, 0.25) is 5.88 Å². The molecule has 6 heteroatoms. The maximum absolute atomic E-state index is 6.19. The van der Waals surface area contributed by atoms with Crippen molar-refractivity contribution in [3.05, 3.63) is 58.7 Å².